The second-order valence-electron chi connectivity index (χ2n) is 3.89. The van der Waals surface area contributed by atoms with Crippen LogP contribution in [0.2, 0.25) is 0 Å². The Labute approximate surface area is 88.9 Å². The summed E-state index contributed by atoms with van der Waals surface area (Å²) in [6.07, 6.45) is 4.67. The molecule has 3 N–H and O–H groups in total. The number of aromatic nitrogens is 1. The van der Waals surface area contributed by atoms with Crippen molar-refractivity contribution in [3.63, 3.8) is 0 Å². The number of carbonyl (C=O) groups is 1. The Morgan fingerprint density at radius 2 is 2.33 bits per heavy atom. The van der Waals surface area contributed by atoms with Crippen molar-refractivity contribution in [1.29, 1.82) is 0 Å². The highest BCUT2D eigenvalue weighted by Gasteiger charge is 2.25. The lowest BCUT2D eigenvalue weighted by atomic mass is 10.2. The number of pyridine rings is 1. The molecule has 0 saturated heterocycles. The predicted molar refractivity (Wildman–Crippen MR) is 57.3 cm³/mol. The van der Waals surface area contributed by atoms with Crippen LogP contribution in [0.15, 0.2) is 24.4 Å². The summed E-state index contributed by atoms with van der Waals surface area (Å²) in [5.74, 6) is -0.127. The Kier molecular flexibility index (Phi) is 2.97. The molecule has 1 amide bonds. The maximum absolute atomic E-state index is 11.7. The number of nitrogens with two attached hydrogens (primary N) is 1. The molecule has 15 heavy (non-hydrogen) atoms. The smallest absolute Gasteiger partial charge is 0.270 e. The maximum atomic E-state index is 11.7. The minimum atomic E-state index is -0.127. The fourth-order valence-corrected chi connectivity index (χ4v) is 1.91. The lowest BCUT2D eigenvalue weighted by Gasteiger charge is -2.16. The lowest BCUT2D eigenvalue weighted by Crippen LogP contribution is -2.44. The number of amides is 1. The van der Waals surface area contributed by atoms with Crippen LogP contribution in [0.1, 0.15) is 29.8 Å². The molecule has 80 valence electrons. The first-order valence-electron chi connectivity index (χ1n) is 5.25. The van der Waals surface area contributed by atoms with Gasteiger partial charge in [0.1, 0.15) is 5.69 Å². The number of nitrogens with zero attached hydrogens (tertiary/aromatic N) is 1. The quantitative estimate of drug-likeness (QED) is 0.746. The molecule has 1 aliphatic rings. The first-order valence-corrected chi connectivity index (χ1v) is 5.25. The minimum absolute atomic E-state index is 0.0951. The highest BCUT2D eigenvalue weighted by Crippen LogP contribution is 2.17. The molecule has 0 radical (unpaired) electrons. The SMILES string of the molecule is NC1CCCC1NC(=O)c1ccccn1. The molecule has 1 heterocycles. The van der Waals surface area contributed by atoms with E-state index in [1.54, 1.807) is 24.4 Å². The molecule has 1 saturated carbocycles. The molecule has 0 aliphatic heterocycles. The largest absolute Gasteiger partial charge is 0.346 e. The summed E-state index contributed by atoms with van der Waals surface area (Å²) < 4.78 is 0. The van der Waals surface area contributed by atoms with E-state index in [1.165, 1.54) is 0 Å². The molecule has 0 bridgehead atoms. The Morgan fingerprint density at radius 1 is 1.47 bits per heavy atom. The van der Waals surface area contributed by atoms with Gasteiger partial charge in [-0.1, -0.05) is 6.07 Å². The number of hydrogen-bond donors (Lipinski definition) is 2. The van der Waals surface area contributed by atoms with E-state index >= 15 is 0 Å². The standard InChI is InChI=1S/C11H15N3O/c12-8-4-3-6-9(8)14-11(15)10-5-1-2-7-13-10/h1-2,5,7-9H,3-4,6,12H2,(H,14,15). The number of hydrogen-bond acceptors (Lipinski definition) is 3. The van der Waals surface area contributed by atoms with Gasteiger partial charge in [0.15, 0.2) is 0 Å². The Bertz CT molecular complexity index is 339. The molecule has 2 atom stereocenters. The van der Waals surface area contributed by atoms with Gasteiger partial charge in [-0.2, -0.15) is 0 Å². The van der Waals surface area contributed by atoms with Gasteiger partial charge in [0.2, 0.25) is 0 Å². The molecule has 1 aromatic rings. The lowest BCUT2D eigenvalue weighted by molar-refractivity contribution is 0.0929. The van der Waals surface area contributed by atoms with Crippen LogP contribution in [0.25, 0.3) is 0 Å². The molecular formula is C11H15N3O. The van der Waals surface area contributed by atoms with Crippen molar-refractivity contribution in [3.05, 3.63) is 30.1 Å². The second kappa shape index (κ2) is 4.40. The van der Waals surface area contributed by atoms with Gasteiger partial charge in [-0.15, -0.1) is 0 Å². The van der Waals surface area contributed by atoms with Gasteiger partial charge < -0.3 is 11.1 Å². The van der Waals surface area contributed by atoms with E-state index in [0.29, 0.717) is 5.69 Å². The summed E-state index contributed by atoms with van der Waals surface area (Å²) in [6, 6.07) is 5.50. The summed E-state index contributed by atoms with van der Waals surface area (Å²) in [7, 11) is 0. The third-order valence-corrected chi connectivity index (χ3v) is 2.78. The zero-order valence-electron chi connectivity index (χ0n) is 8.52. The Hall–Kier alpha value is -1.42. The van der Waals surface area contributed by atoms with Crippen LogP contribution in [0.4, 0.5) is 0 Å². The summed E-state index contributed by atoms with van der Waals surface area (Å²) in [5.41, 5.74) is 6.33. The molecule has 4 heteroatoms. The van der Waals surface area contributed by atoms with Gasteiger partial charge in [-0.3, -0.25) is 9.78 Å². The number of rotatable bonds is 2. The van der Waals surface area contributed by atoms with Crippen molar-refractivity contribution in [2.45, 2.75) is 31.3 Å². The molecule has 1 aromatic heterocycles. The van der Waals surface area contributed by atoms with Gasteiger partial charge in [0, 0.05) is 18.3 Å². The second-order valence-corrected chi connectivity index (χ2v) is 3.89. The summed E-state index contributed by atoms with van der Waals surface area (Å²) in [6.45, 7) is 0. The van der Waals surface area contributed by atoms with E-state index in [2.05, 4.69) is 10.3 Å². The average molecular weight is 205 g/mol. The highest BCUT2D eigenvalue weighted by atomic mass is 16.1. The van der Waals surface area contributed by atoms with Gasteiger partial charge in [0.25, 0.3) is 5.91 Å². The van der Waals surface area contributed by atoms with E-state index in [9.17, 15) is 4.79 Å². The summed E-state index contributed by atoms with van der Waals surface area (Å²) in [4.78, 5) is 15.7. The van der Waals surface area contributed by atoms with E-state index < -0.39 is 0 Å². The van der Waals surface area contributed by atoms with E-state index in [1.807, 2.05) is 0 Å². The molecule has 1 fully saturated rings. The fourth-order valence-electron chi connectivity index (χ4n) is 1.91. The van der Waals surface area contributed by atoms with Crippen LogP contribution in [0.3, 0.4) is 0 Å². The van der Waals surface area contributed by atoms with Crippen LogP contribution < -0.4 is 11.1 Å². The van der Waals surface area contributed by atoms with Crippen LogP contribution in [-0.2, 0) is 0 Å². The van der Waals surface area contributed by atoms with Crippen LogP contribution >= 0.6 is 0 Å². The normalized spacial score (nSPS) is 25.1. The van der Waals surface area contributed by atoms with E-state index in [-0.39, 0.29) is 18.0 Å². The van der Waals surface area contributed by atoms with Crippen LogP contribution in [-0.4, -0.2) is 23.0 Å². The first kappa shape index (κ1) is 10.1. The first-order chi connectivity index (χ1) is 7.27. The topological polar surface area (TPSA) is 68.0 Å². The third kappa shape index (κ3) is 2.33. The van der Waals surface area contributed by atoms with E-state index in [4.69, 9.17) is 5.73 Å². The van der Waals surface area contributed by atoms with E-state index in [0.717, 1.165) is 19.3 Å². The Morgan fingerprint density at radius 3 is 2.93 bits per heavy atom. The molecule has 0 spiro atoms. The predicted octanol–water partition coefficient (Wildman–Crippen LogP) is 0.691. The molecule has 0 aromatic carbocycles. The van der Waals surface area contributed by atoms with Crippen molar-refractivity contribution in [3.8, 4) is 0 Å². The zero-order chi connectivity index (χ0) is 10.7. The average Bonchev–Trinajstić information content (AvgIpc) is 2.66. The number of carbonyl (C=O) groups excluding carboxylic acids is 1. The van der Waals surface area contributed by atoms with Gasteiger partial charge in [-0.25, -0.2) is 0 Å². The van der Waals surface area contributed by atoms with Gasteiger partial charge in [-0.05, 0) is 31.4 Å². The van der Waals surface area contributed by atoms with Crippen molar-refractivity contribution in [1.82, 2.24) is 10.3 Å². The molecule has 2 unspecified atom stereocenters. The molecule has 2 rings (SSSR count). The fraction of sp³-hybridized carbons (Fsp3) is 0.455. The number of nitrogens with one attached hydrogen (secondary N) is 1. The maximum Gasteiger partial charge on any atom is 0.270 e. The van der Waals surface area contributed by atoms with Crippen LogP contribution in [0, 0.1) is 0 Å². The minimum Gasteiger partial charge on any atom is -0.346 e. The van der Waals surface area contributed by atoms with Gasteiger partial charge in [0.05, 0.1) is 0 Å². The molecule has 1 aliphatic carbocycles. The summed E-state index contributed by atoms with van der Waals surface area (Å²) >= 11 is 0. The summed E-state index contributed by atoms with van der Waals surface area (Å²) in [5, 5.41) is 2.92. The van der Waals surface area contributed by atoms with Crippen LogP contribution in [0.5, 0.6) is 0 Å². The van der Waals surface area contributed by atoms with Crippen molar-refractivity contribution in [2.24, 2.45) is 5.73 Å². The molecular weight excluding hydrogens is 190 g/mol. The van der Waals surface area contributed by atoms with Crippen molar-refractivity contribution in [2.75, 3.05) is 0 Å². The van der Waals surface area contributed by atoms with Gasteiger partial charge >= 0.3 is 0 Å². The monoisotopic (exact) mass is 205 g/mol. The third-order valence-electron chi connectivity index (χ3n) is 2.78. The molecule has 4 nitrogen and oxygen atoms in total. The van der Waals surface area contributed by atoms with Crippen molar-refractivity contribution >= 4 is 5.91 Å². The van der Waals surface area contributed by atoms with Crippen molar-refractivity contribution < 1.29 is 4.79 Å². The zero-order valence-corrected chi connectivity index (χ0v) is 8.52. The Balaban J connectivity index is 1.98. The highest BCUT2D eigenvalue weighted by molar-refractivity contribution is 5.92.